The highest BCUT2D eigenvalue weighted by atomic mass is 35.5. The van der Waals surface area contributed by atoms with E-state index in [9.17, 15) is 9.59 Å². The molecule has 0 bridgehead atoms. The Kier molecular flexibility index (Phi) is 5.03. The second kappa shape index (κ2) is 7.71. The predicted molar refractivity (Wildman–Crippen MR) is 113 cm³/mol. The molecule has 30 heavy (non-hydrogen) atoms. The van der Waals surface area contributed by atoms with Gasteiger partial charge in [-0.05, 0) is 48.6 Å². The quantitative estimate of drug-likeness (QED) is 0.678. The first-order valence-electron chi connectivity index (χ1n) is 10.1. The van der Waals surface area contributed by atoms with Crippen LogP contribution >= 0.6 is 23.2 Å². The van der Waals surface area contributed by atoms with Gasteiger partial charge >= 0.3 is 0 Å². The summed E-state index contributed by atoms with van der Waals surface area (Å²) in [6.07, 6.45) is 6.82. The fourth-order valence-corrected chi connectivity index (χ4v) is 5.08. The number of rotatable bonds is 3. The van der Waals surface area contributed by atoms with E-state index in [0.29, 0.717) is 22.2 Å². The first-order valence-corrected chi connectivity index (χ1v) is 10.9. The van der Waals surface area contributed by atoms with E-state index < -0.39 is 6.04 Å². The maximum atomic E-state index is 13.5. The molecule has 7 heteroatoms. The summed E-state index contributed by atoms with van der Waals surface area (Å²) in [6, 6.07) is 8.42. The number of pyridine rings is 1. The molecule has 2 aromatic rings. The molecular formula is C23H20Cl2N2O3. The van der Waals surface area contributed by atoms with Crippen molar-refractivity contribution in [2.75, 3.05) is 0 Å². The molecule has 3 heterocycles. The van der Waals surface area contributed by atoms with Crippen LogP contribution in [-0.4, -0.2) is 27.7 Å². The van der Waals surface area contributed by atoms with Crippen molar-refractivity contribution >= 4 is 34.9 Å². The number of nitrogens with zero attached hydrogens (tertiary/aromatic N) is 2. The average Bonchev–Trinajstić information content (AvgIpc) is 3.03. The smallest absolute Gasteiger partial charge is 0.290 e. The Balaban J connectivity index is 1.60. The van der Waals surface area contributed by atoms with E-state index in [0.717, 1.165) is 36.8 Å². The van der Waals surface area contributed by atoms with E-state index in [-0.39, 0.29) is 29.5 Å². The second-order valence-corrected chi connectivity index (χ2v) is 8.84. The Morgan fingerprint density at radius 2 is 1.93 bits per heavy atom. The minimum Gasteiger partial charge on any atom is -0.483 e. The van der Waals surface area contributed by atoms with Gasteiger partial charge in [0.2, 0.25) is 0 Å². The molecule has 1 aromatic heterocycles. The lowest BCUT2D eigenvalue weighted by atomic mass is 9.77. The van der Waals surface area contributed by atoms with Crippen molar-refractivity contribution in [3.8, 4) is 0 Å². The Hall–Kier alpha value is -2.37. The van der Waals surface area contributed by atoms with E-state index in [1.807, 2.05) is 18.2 Å². The number of fused-ring (bicyclic) bond motifs is 1. The maximum absolute atomic E-state index is 13.5. The topological polar surface area (TPSA) is 59.5 Å². The number of benzene rings is 1. The minimum atomic E-state index is -0.558. The fourth-order valence-electron chi connectivity index (χ4n) is 4.77. The van der Waals surface area contributed by atoms with Crippen LogP contribution in [0.15, 0.2) is 54.1 Å². The number of aromatic nitrogens is 1. The maximum Gasteiger partial charge on any atom is 0.290 e. The average molecular weight is 443 g/mol. The number of carbonyl (C=O) groups is 2. The van der Waals surface area contributed by atoms with Crippen molar-refractivity contribution in [1.82, 2.24) is 9.88 Å². The van der Waals surface area contributed by atoms with Crippen molar-refractivity contribution in [3.63, 3.8) is 0 Å². The molecule has 1 aliphatic carbocycles. The van der Waals surface area contributed by atoms with Crippen LogP contribution in [0.2, 0.25) is 10.0 Å². The molecule has 5 rings (SSSR count). The molecule has 3 unspecified atom stereocenters. The molecule has 5 nitrogen and oxygen atoms in total. The summed E-state index contributed by atoms with van der Waals surface area (Å²) in [5, 5.41) is 0.813. The third-order valence-corrected chi connectivity index (χ3v) is 6.93. The lowest BCUT2D eigenvalue weighted by molar-refractivity contribution is -0.135. The van der Waals surface area contributed by atoms with Gasteiger partial charge in [-0.25, -0.2) is 0 Å². The molecule has 3 aliphatic rings. The van der Waals surface area contributed by atoms with Crippen LogP contribution in [0.25, 0.3) is 0 Å². The van der Waals surface area contributed by atoms with Crippen molar-refractivity contribution in [2.24, 2.45) is 5.92 Å². The van der Waals surface area contributed by atoms with E-state index in [1.165, 1.54) is 0 Å². The van der Waals surface area contributed by atoms with E-state index in [2.05, 4.69) is 4.98 Å². The summed E-state index contributed by atoms with van der Waals surface area (Å²) in [5.41, 5.74) is 2.07. The van der Waals surface area contributed by atoms with Crippen LogP contribution < -0.4 is 0 Å². The summed E-state index contributed by atoms with van der Waals surface area (Å²) < 4.78 is 6.16. The number of halogens is 2. The van der Waals surface area contributed by atoms with E-state index in [4.69, 9.17) is 27.9 Å². The van der Waals surface area contributed by atoms with Gasteiger partial charge in [-0.3, -0.25) is 14.6 Å². The van der Waals surface area contributed by atoms with Gasteiger partial charge in [-0.15, -0.1) is 0 Å². The standard InChI is InChI=1S/C23H20Cl2N2O3/c24-16-8-7-14(10-17(16)25)20-19-21(28)15-5-1-2-6-18(15)30-22(19)23(29)27(20)12-13-4-3-9-26-11-13/h3-4,7-11,15,18,20H,1-2,5-6,12H2. The number of amides is 1. The van der Waals surface area contributed by atoms with Crippen LogP contribution in [0.4, 0.5) is 0 Å². The zero-order valence-corrected chi connectivity index (χ0v) is 17.7. The number of hydrogen-bond acceptors (Lipinski definition) is 4. The zero-order valence-electron chi connectivity index (χ0n) is 16.2. The SMILES string of the molecule is O=C1C2=C(OC3CCCCC13)C(=O)N(Cc1cccnc1)C2c1ccc(Cl)c(Cl)c1. The van der Waals surface area contributed by atoms with Gasteiger partial charge in [0, 0.05) is 18.9 Å². The number of ether oxygens (including phenoxy) is 1. The number of carbonyl (C=O) groups excluding carboxylic acids is 2. The molecule has 1 fully saturated rings. The molecule has 0 radical (unpaired) electrons. The molecule has 0 saturated heterocycles. The highest BCUT2D eigenvalue weighted by molar-refractivity contribution is 6.42. The van der Waals surface area contributed by atoms with Crippen molar-refractivity contribution in [2.45, 2.75) is 44.4 Å². The summed E-state index contributed by atoms with van der Waals surface area (Å²) in [4.78, 5) is 32.8. The highest BCUT2D eigenvalue weighted by Crippen LogP contribution is 2.47. The van der Waals surface area contributed by atoms with Gasteiger partial charge in [0.05, 0.1) is 27.6 Å². The second-order valence-electron chi connectivity index (χ2n) is 8.02. The highest BCUT2D eigenvalue weighted by Gasteiger charge is 2.51. The van der Waals surface area contributed by atoms with Crippen LogP contribution in [-0.2, 0) is 20.9 Å². The summed E-state index contributed by atoms with van der Waals surface area (Å²) in [7, 11) is 0. The first-order chi connectivity index (χ1) is 14.5. The molecule has 1 amide bonds. The normalized spacial score (nSPS) is 25.8. The molecule has 2 aliphatic heterocycles. The summed E-state index contributed by atoms with van der Waals surface area (Å²) >= 11 is 12.4. The minimum absolute atomic E-state index is 0.0269. The van der Waals surface area contributed by atoms with Crippen LogP contribution in [0.5, 0.6) is 0 Å². The number of Topliss-reactive ketones (excluding diaryl/α,β-unsaturated/α-hetero) is 1. The molecule has 154 valence electrons. The van der Waals surface area contributed by atoms with Crippen molar-refractivity contribution < 1.29 is 14.3 Å². The molecule has 0 N–H and O–H groups in total. The van der Waals surface area contributed by atoms with E-state index >= 15 is 0 Å². The van der Waals surface area contributed by atoms with E-state index in [1.54, 1.807) is 29.4 Å². The molecule has 1 saturated carbocycles. The predicted octanol–water partition coefficient (Wildman–Crippen LogP) is 4.88. The van der Waals surface area contributed by atoms with Gasteiger partial charge in [-0.1, -0.05) is 41.8 Å². The largest absolute Gasteiger partial charge is 0.483 e. The van der Waals surface area contributed by atoms with Crippen LogP contribution in [0.1, 0.15) is 42.9 Å². The molecule has 3 atom stereocenters. The summed E-state index contributed by atoms with van der Waals surface area (Å²) in [5.74, 6) is -0.224. The van der Waals surface area contributed by atoms with Gasteiger partial charge < -0.3 is 9.64 Å². The number of ketones is 1. The Bertz CT molecular complexity index is 1050. The van der Waals surface area contributed by atoms with Gasteiger partial charge in [0.15, 0.2) is 11.5 Å². The van der Waals surface area contributed by atoms with Gasteiger partial charge in [0.1, 0.15) is 6.10 Å². The monoisotopic (exact) mass is 442 g/mol. The molecular weight excluding hydrogens is 423 g/mol. The van der Waals surface area contributed by atoms with Gasteiger partial charge in [-0.2, -0.15) is 0 Å². The fraction of sp³-hybridized carbons (Fsp3) is 0.348. The van der Waals surface area contributed by atoms with Crippen LogP contribution in [0, 0.1) is 5.92 Å². The van der Waals surface area contributed by atoms with Crippen molar-refractivity contribution in [1.29, 1.82) is 0 Å². The van der Waals surface area contributed by atoms with Crippen molar-refractivity contribution in [3.05, 3.63) is 75.2 Å². The third kappa shape index (κ3) is 3.21. The molecule has 1 aromatic carbocycles. The first kappa shape index (κ1) is 19.6. The lowest BCUT2D eigenvalue weighted by Gasteiger charge is -2.35. The van der Waals surface area contributed by atoms with Gasteiger partial charge in [0.25, 0.3) is 5.91 Å². The Labute approximate surface area is 184 Å². The Morgan fingerprint density at radius 1 is 1.10 bits per heavy atom. The molecule has 0 spiro atoms. The van der Waals surface area contributed by atoms with Crippen LogP contribution in [0.3, 0.4) is 0 Å². The lowest BCUT2D eigenvalue weighted by Crippen LogP contribution is -2.39. The third-order valence-electron chi connectivity index (χ3n) is 6.19. The zero-order chi connectivity index (χ0) is 20.8. The Morgan fingerprint density at radius 3 is 2.70 bits per heavy atom. The number of hydrogen-bond donors (Lipinski definition) is 0. The summed E-state index contributed by atoms with van der Waals surface area (Å²) in [6.45, 7) is 0.316.